The van der Waals surface area contributed by atoms with Crippen molar-refractivity contribution in [2.75, 3.05) is 20.1 Å². The van der Waals surface area contributed by atoms with Crippen molar-refractivity contribution in [3.8, 4) is 0 Å². The van der Waals surface area contributed by atoms with Gasteiger partial charge in [-0.3, -0.25) is 19.5 Å². The molecule has 2 amide bonds. The highest BCUT2D eigenvalue weighted by Crippen LogP contribution is 2.26. The van der Waals surface area contributed by atoms with Crippen LogP contribution in [0.2, 0.25) is 0 Å². The number of carbonyl (C=O) groups excluding carboxylic acids is 2. The van der Waals surface area contributed by atoms with E-state index in [0.717, 1.165) is 54.7 Å². The van der Waals surface area contributed by atoms with Gasteiger partial charge in [-0.2, -0.15) is 11.3 Å². The van der Waals surface area contributed by atoms with Crippen molar-refractivity contribution in [2.24, 2.45) is 0 Å². The Kier molecular flexibility index (Phi) is 6.49. The maximum atomic E-state index is 13.1. The zero-order chi connectivity index (χ0) is 21.1. The van der Waals surface area contributed by atoms with Gasteiger partial charge in [0.2, 0.25) is 11.8 Å². The summed E-state index contributed by atoms with van der Waals surface area (Å²) in [6.07, 6.45) is 6.38. The lowest BCUT2D eigenvalue weighted by Crippen LogP contribution is -2.50. The summed E-state index contributed by atoms with van der Waals surface area (Å²) >= 11 is 1.60. The second-order valence-corrected chi connectivity index (χ2v) is 9.19. The van der Waals surface area contributed by atoms with E-state index in [1.807, 2.05) is 34.8 Å². The normalized spacial score (nSPS) is 19.4. The van der Waals surface area contributed by atoms with Gasteiger partial charge in [0.15, 0.2) is 0 Å². The molecule has 0 radical (unpaired) electrons. The number of hydrogen-bond acceptors (Lipinski definition) is 5. The second kappa shape index (κ2) is 9.27. The van der Waals surface area contributed by atoms with Crippen LogP contribution in [0.1, 0.15) is 47.2 Å². The maximum Gasteiger partial charge on any atom is 0.240 e. The van der Waals surface area contributed by atoms with Crippen LogP contribution < -0.4 is 5.32 Å². The fourth-order valence-corrected chi connectivity index (χ4v) is 5.24. The Bertz CT molecular complexity index is 912. The minimum absolute atomic E-state index is 0.00886. The molecule has 0 bridgehead atoms. The number of likely N-dealkylation sites (N-methyl/N-ethyl adjacent to an activating group) is 1. The van der Waals surface area contributed by atoms with Crippen molar-refractivity contribution in [3.05, 3.63) is 51.0 Å². The molecule has 2 aliphatic heterocycles. The topological polar surface area (TPSA) is 65.5 Å². The molecule has 1 saturated heterocycles. The molecule has 30 heavy (non-hydrogen) atoms. The summed E-state index contributed by atoms with van der Waals surface area (Å²) in [5.41, 5.74) is 5.47. The third-order valence-electron chi connectivity index (χ3n) is 6.37. The van der Waals surface area contributed by atoms with Crippen LogP contribution in [0.15, 0.2) is 23.0 Å². The predicted molar refractivity (Wildman–Crippen MR) is 118 cm³/mol. The fraction of sp³-hybridized carbons (Fsp3) is 0.522. The average molecular weight is 427 g/mol. The lowest BCUT2D eigenvalue weighted by molar-refractivity contribution is -0.138. The number of amides is 2. The molecule has 0 aromatic carbocycles. The molecular weight excluding hydrogens is 396 g/mol. The van der Waals surface area contributed by atoms with E-state index in [1.165, 1.54) is 12.0 Å². The Morgan fingerprint density at radius 1 is 1.30 bits per heavy atom. The van der Waals surface area contributed by atoms with Crippen molar-refractivity contribution in [3.63, 3.8) is 0 Å². The van der Waals surface area contributed by atoms with Crippen LogP contribution in [0.4, 0.5) is 0 Å². The number of likely N-dealkylation sites (tertiary alicyclic amines) is 1. The SMILES string of the molecule is Cc1ncc2c(c1CNC(=O)Cc1ccsc1)CCN(C(=O)[C@@H]1CCCCN1C)C2. The number of piperidine rings is 1. The molecule has 7 heteroatoms. The number of nitrogens with one attached hydrogen (secondary N) is 1. The first-order chi connectivity index (χ1) is 14.5. The van der Waals surface area contributed by atoms with Crippen LogP contribution in [0.3, 0.4) is 0 Å². The Labute approximate surface area is 182 Å². The van der Waals surface area contributed by atoms with E-state index in [9.17, 15) is 9.59 Å². The van der Waals surface area contributed by atoms with E-state index >= 15 is 0 Å². The van der Waals surface area contributed by atoms with Crippen molar-refractivity contribution in [1.29, 1.82) is 0 Å². The summed E-state index contributed by atoms with van der Waals surface area (Å²) in [5.74, 6) is 0.271. The number of carbonyl (C=O) groups is 2. The van der Waals surface area contributed by atoms with Gasteiger partial charge in [-0.1, -0.05) is 6.42 Å². The van der Waals surface area contributed by atoms with E-state index in [2.05, 4.69) is 22.2 Å². The molecule has 2 aromatic rings. The number of hydrogen-bond donors (Lipinski definition) is 1. The average Bonchev–Trinajstić information content (AvgIpc) is 3.25. The lowest BCUT2D eigenvalue weighted by atomic mass is 9.93. The molecule has 1 atom stereocenters. The van der Waals surface area contributed by atoms with Crippen LogP contribution in [0, 0.1) is 6.92 Å². The maximum absolute atomic E-state index is 13.1. The molecule has 160 valence electrons. The molecule has 2 aliphatic rings. The van der Waals surface area contributed by atoms with Gasteiger partial charge in [-0.15, -0.1) is 0 Å². The first-order valence-corrected chi connectivity index (χ1v) is 11.7. The number of pyridine rings is 1. The van der Waals surface area contributed by atoms with Crippen molar-refractivity contribution >= 4 is 23.2 Å². The van der Waals surface area contributed by atoms with Crippen LogP contribution in [-0.4, -0.2) is 52.8 Å². The minimum atomic E-state index is 0.00886. The molecule has 1 fully saturated rings. The standard InChI is InChI=1S/C23H30N4O2S/c1-16-20(13-25-22(28)11-17-7-10-30-15-17)19-6-9-27(14-18(19)12-24-16)23(29)21-5-3-4-8-26(21)2/h7,10,12,15,21H,3-6,8-9,11,13-14H2,1-2H3,(H,25,28)/t21-/m0/s1. The molecule has 4 rings (SSSR count). The van der Waals surface area contributed by atoms with E-state index < -0.39 is 0 Å². The number of thiophene rings is 1. The van der Waals surface area contributed by atoms with Gasteiger partial charge in [0, 0.05) is 31.5 Å². The smallest absolute Gasteiger partial charge is 0.240 e. The van der Waals surface area contributed by atoms with Gasteiger partial charge < -0.3 is 10.2 Å². The lowest BCUT2D eigenvalue weighted by Gasteiger charge is -2.37. The molecule has 0 spiro atoms. The summed E-state index contributed by atoms with van der Waals surface area (Å²) in [4.78, 5) is 34.2. The molecule has 6 nitrogen and oxygen atoms in total. The van der Waals surface area contributed by atoms with Crippen molar-refractivity contribution < 1.29 is 9.59 Å². The van der Waals surface area contributed by atoms with Crippen LogP contribution >= 0.6 is 11.3 Å². The predicted octanol–water partition coefficient (Wildman–Crippen LogP) is 2.68. The molecule has 4 heterocycles. The summed E-state index contributed by atoms with van der Waals surface area (Å²) in [6.45, 7) is 4.83. The Morgan fingerprint density at radius 2 is 2.17 bits per heavy atom. The van der Waals surface area contributed by atoms with E-state index in [-0.39, 0.29) is 17.9 Å². The number of fused-ring (bicyclic) bond motifs is 1. The minimum Gasteiger partial charge on any atom is -0.352 e. The third-order valence-corrected chi connectivity index (χ3v) is 7.10. The van der Waals surface area contributed by atoms with Gasteiger partial charge in [0.25, 0.3) is 0 Å². The Hall–Kier alpha value is -2.25. The van der Waals surface area contributed by atoms with Crippen LogP contribution in [0.5, 0.6) is 0 Å². The first-order valence-electron chi connectivity index (χ1n) is 10.8. The molecule has 0 saturated carbocycles. The van der Waals surface area contributed by atoms with E-state index in [1.54, 1.807) is 11.3 Å². The van der Waals surface area contributed by atoms with E-state index in [4.69, 9.17) is 0 Å². The summed E-state index contributed by atoms with van der Waals surface area (Å²) < 4.78 is 0. The highest BCUT2D eigenvalue weighted by molar-refractivity contribution is 7.08. The fourth-order valence-electron chi connectivity index (χ4n) is 4.57. The van der Waals surface area contributed by atoms with Gasteiger partial charge in [0.05, 0.1) is 12.5 Å². The Balaban J connectivity index is 1.43. The number of rotatable bonds is 5. The number of aromatic nitrogens is 1. The zero-order valence-electron chi connectivity index (χ0n) is 17.8. The number of aryl methyl sites for hydroxylation is 1. The largest absolute Gasteiger partial charge is 0.352 e. The third kappa shape index (κ3) is 4.57. The highest BCUT2D eigenvalue weighted by Gasteiger charge is 2.32. The monoisotopic (exact) mass is 426 g/mol. The van der Waals surface area contributed by atoms with Gasteiger partial charge in [-0.05, 0) is 78.9 Å². The van der Waals surface area contributed by atoms with Gasteiger partial charge >= 0.3 is 0 Å². The summed E-state index contributed by atoms with van der Waals surface area (Å²) in [6, 6.07) is 1.99. The zero-order valence-corrected chi connectivity index (χ0v) is 18.6. The molecule has 0 unspecified atom stereocenters. The molecule has 0 aliphatic carbocycles. The summed E-state index contributed by atoms with van der Waals surface area (Å²) in [5, 5.41) is 7.05. The van der Waals surface area contributed by atoms with Crippen LogP contribution in [0.25, 0.3) is 0 Å². The van der Waals surface area contributed by atoms with Crippen LogP contribution in [-0.2, 0) is 35.5 Å². The van der Waals surface area contributed by atoms with Crippen molar-refractivity contribution in [1.82, 2.24) is 20.1 Å². The summed E-state index contributed by atoms with van der Waals surface area (Å²) in [7, 11) is 2.06. The molecular formula is C23H30N4O2S. The van der Waals surface area contributed by atoms with Gasteiger partial charge in [0.1, 0.15) is 0 Å². The first kappa shape index (κ1) is 21.0. The molecule has 2 aromatic heterocycles. The second-order valence-electron chi connectivity index (χ2n) is 8.41. The Morgan fingerprint density at radius 3 is 2.93 bits per heavy atom. The highest BCUT2D eigenvalue weighted by atomic mass is 32.1. The number of nitrogens with zero attached hydrogens (tertiary/aromatic N) is 3. The quantitative estimate of drug-likeness (QED) is 0.798. The molecule has 1 N–H and O–H groups in total. The van der Waals surface area contributed by atoms with Crippen molar-refractivity contribution in [2.45, 2.75) is 58.2 Å². The van der Waals surface area contributed by atoms with Gasteiger partial charge in [-0.25, -0.2) is 0 Å². The van der Waals surface area contributed by atoms with E-state index in [0.29, 0.717) is 19.5 Å².